The predicted octanol–water partition coefficient (Wildman–Crippen LogP) is 3.37. The fourth-order valence-electron chi connectivity index (χ4n) is 1.71. The van der Waals surface area contributed by atoms with Gasteiger partial charge in [-0.2, -0.15) is 0 Å². The Labute approximate surface area is 94.8 Å². The third-order valence-electron chi connectivity index (χ3n) is 2.84. The highest BCUT2D eigenvalue weighted by Gasteiger charge is 2.20. The summed E-state index contributed by atoms with van der Waals surface area (Å²) in [5, 5.41) is 3.03. The van der Waals surface area contributed by atoms with Gasteiger partial charge in [-0.25, -0.2) is 0 Å². The van der Waals surface area contributed by atoms with E-state index < -0.39 is 0 Å². The van der Waals surface area contributed by atoms with Gasteiger partial charge in [0.2, 0.25) is 5.91 Å². The third kappa shape index (κ3) is 6.53. The molecule has 0 unspecified atom stereocenters. The molecule has 0 aliphatic rings. The van der Waals surface area contributed by atoms with E-state index in [0.717, 1.165) is 32.2 Å². The summed E-state index contributed by atoms with van der Waals surface area (Å²) in [5.41, 5.74) is 0. The second kappa shape index (κ2) is 8.75. The number of nitrogens with one attached hydrogen (secondary N) is 1. The molecular weight excluding hydrogens is 186 g/mol. The molecule has 0 radical (unpaired) electrons. The highest BCUT2D eigenvalue weighted by Crippen LogP contribution is 2.18. The molecule has 0 fully saturated rings. The molecule has 2 nitrogen and oxygen atoms in total. The highest BCUT2D eigenvalue weighted by atomic mass is 16.1. The zero-order valence-corrected chi connectivity index (χ0v) is 10.8. The van der Waals surface area contributed by atoms with Crippen molar-refractivity contribution in [3.8, 4) is 0 Å². The minimum absolute atomic E-state index is 0.210. The van der Waals surface area contributed by atoms with Gasteiger partial charge in [-0.3, -0.25) is 4.79 Å². The fraction of sp³-hybridized carbons (Fsp3) is 0.923. The Kier molecular flexibility index (Phi) is 8.44. The van der Waals surface area contributed by atoms with E-state index in [-0.39, 0.29) is 11.8 Å². The topological polar surface area (TPSA) is 29.1 Å². The van der Waals surface area contributed by atoms with Gasteiger partial charge in [-0.1, -0.05) is 47.0 Å². The molecule has 1 N–H and O–H groups in total. The van der Waals surface area contributed by atoms with Gasteiger partial charge in [0.25, 0.3) is 0 Å². The maximum Gasteiger partial charge on any atom is 0.223 e. The van der Waals surface area contributed by atoms with E-state index in [9.17, 15) is 4.79 Å². The van der Waals surface area contributed by atoms with Crippen molar-refractivity contribution in [3.63, 3.8) is 0 Å². The van der Waals surface area contributed by atoms with Crippen molar-refractivity contribution >= 4 is 5.91 Å². The maximum atomic E-state index is 11.9. The van der Waals surface area contributed by atoms with Crippen molar-refractivity contribution in [2.24, 2.45) is 11.8 Å². The number of hydrogen-bond donors (Lipinski definition) is 1. The van der Waals surface area contributed by atoms with Crippen molar-refractivity contribution in [1.82, 2.24) is 5.32 Å². The van der Waals surface area contributed by atoms with E-state index in [0.29, 0.717) is 5.92 Å². The molecule has 0 aliphatic heterocycles. The van der Waals surface area contributed by atoms with Crippen LogP contribution in [0.3, 0.4) is 0 Å². The Bertz CT molecular complexity index is 166. The molecule has 1 atom stereocenters. The molecule has 0 bridgehead atoms. The van der Waals surface area contributed by atoms with Crippen LogP contribution in [-0.4, -0.2) is 12.5 Å². The lowest BCUT2D eigenvalue weighted by molar-refractivity contribution is -0.126. The van der Waals surface area contributed by atoms with Crippen molar-refractivity contribution in [1.29, 1.82) is 0 Å². The summed E-state index contributed by atoms with van der Waals surface area (Å²) in [6, 6.07) is 0. The molecule has 0 aromatic carbocycles. The van der Waals surface area contributed by atoms with Crippen LogP contribution in [0.15, 0.2) is 0 Å². The van der Waals surface area contributed by atoms with E-state index in [1.807, 2.05) is 0 Å². The normalized spacial score (nSPS) is 12.9. The van der Waals surface area contributed by atoms with Crippen molar-refractivity contribution in [2.45, 2.75) is 59.8 Å². The van der Waals surface area contributed by atoms with Crippen LogP contribution in [0.25, 0.3) is 0 Å². The Balaban J connectivity index is 3.93. The van der Waals surface area contributed by atoms with Gasteiger partial charge >= 0.3 is 0 Å². The molecular formula is C13H27NO. The largest absolute Gasteiger partial charge is 0.356 e. The smallest absolute Gasteiger partial charge is 0.223 e. The summed E-state index contributed by atoms with van der Waals surface area (Å²) >= 11 is 0. The predicted molar refractivity (Wildman–Crippen MR) is 65.8 cm³/mol. The number of carbonyl (C=O) groups is 1. The first-order chi connectivity index (χ1) is 7.13. The van der Waals surface area contributed by atoms with Crippen LogP contribution in [0, 0.1) is 11.8 Å². The third-order valence-corrected chi connectivity index (χ3v) is 2.84. The van der Waals surface area contributed by atoms with Crippen LogP contribution < -0.4 is 5.32 Å². The van der Waals surface area contributed by atoms with E-state index in [1.165, 1.54) is 6.42 Å². The van der Waals surface area contributed by atoms with Crippen LogP contribution >= 0.6 is 0 Å². The van der Waals surface area contributed by atoms with E-state index in [1.54, 1.807) is 0 Å². The van der Waals surface area contributed by atoms with Crippen LogP contribution in [0.4, 0.5) is 0 Å². The first-order valence-electron chi connectivity index (χ1n) is 6.41. The number of carbonyl (C=O) groups excluding carboxylic acids is 1. The lowest BCUT2D eigenvalue weighted by Gasteiger charge is -2.19. The molecule has 0 aromatic rings. The number of amides is 1. The van der Waals surface area contributed by atoms with Gasteiger partial charge in [0.1, 0.15) is 0 Å². The standard InChI is InChI=1S/C13H27NO/c1-5-7-9-12(11(3)4)13(15)14-10-8-6-2/h11-12H,5-10H2,1-4H3,(H,14,15)/t12-/m0/s1. The first kappa shape index (κ1) is 14.5. The molecule has 0 saturated carbocycles. The van der Waals surface area contributed by atoms with Crippen LogP contribution in [-0.2, 0) is 4.79 Å². The Morgan fingerprint density at radius 2 is 1.73 bits per heavy atom. The summed E-state index contributed by atoms with van der Waals surface area (Å²) in [6.45, 7) is 9.43. The molecule has 0 aromatic heterocycles. The molecule has 0 aliphatic carbocycles. The summed E-state index contributed by atoms with van der Waals surface area (Å²) in [6.07, 6.45) is 5.59. The number of rotatable bonds is 8. The van der Waals surface area contributed by atoms with Gasteiger partial charge < -0.3 is 5.32 Å². The summed E-state index contributed by atoms with van der Waals surface area (Å²) in [7, 11) is 0. The van der Waals surface area contributed by atoms with Crippen LogP contribution in [0.2, 0.25) is 0 Å². The average Bonchev–Trinajstić information content (AvgIpc) is 2.18. The number of unbranched alkanes of at least 4 members (excludes halogenated alkanes) is 2. The van der Waals surface area contributed by atoms with Crippen molar-refractivity contribution in [3.05, 3.63) is 0 Å². The zero-order chi connectivity index (χ0) is 11.7. The Hall–Kier alpha value is -0.530. The molecule has 0 heterocycles. The van der Waals surface area contributed by atoms with Crippen molar-refractivity contribution in [2.75, 3.05) is 6.54 Å². The lowest BCUT2D eigenvalue weighted by atomic mass is 9.90. The van der Waals surface area contributed by atoms with E-state index >= 15 is 0 Å². The van der Waals surface area contributed by atoms with Crippen LogP contribution in [0.5, 0.6) is 0 Å². The molecule has 2 heteroatoms. The minimum atomic E-state index is 0.210. The molecule has 0 spiro atoms. The maximum absolute atomic E-state index is 11.9. The second-order valence-corrected chi connectivity index (χ2v) is 4.64. The first-order valence-corrected chi connectivity index (χ1v) is 6.41. The Morgan fingerprint density at radius 3 is 2.20 bits per heavy atom. The summed E-state index contributed by atoms with van der Waals surface area (Å²) in [5.74, 6) is 0.923. The Morgan fingerprint density at radius 1 is 1.13 bits per heavy atom. The molecule has 0 rings (SSSR count). The van der Waals surface area contributed by atoms with E-state index in [4.69, 9.17) is 0 Å². The summed E-state index contributed by atoms with van der Waals surface area (Å²) < 4.78 is 0. The fourth-order valence-corrected chi connectivity index (χ4v) is 1.71. The van der Waals surface area contributed by atoms with Gasteiger partial charge in [0.15, 0.2) is 0 Å². The second-order valence-electron chi connectivity index (χ2n) is 4.64. The SMILES string of the molecule is CCCCNC(=O)[C@@H](CCCC)C(C)C. The lowest BCUT2D eigenvalue weighted by Crippen LogP contribution is -2.34. The molecule has 0 saturated heterocycles. The van der Waals surface area contributed by atoms with Gasteiger partial charge in [-0.05, 0) is 18.8 Å². The number of hydrogen-bond acceptors (Lipinski definition) is 1. The monoisotopic (exact) mass is 213 g/mol. The highest BCUT2D eigenvalue weighted by molar-refractivity contribution is 5.78. The zero-order valence-electron chi connectivity index (χ0n) is 10.8. The van der Waals surface area contributed by atoms with Crippen LogP contribution in [0.1, 0.15) is 59.8 Å². The average molecular weight is 213 g/mol. The van der Waals surface area contributed by atoms with Gasteiger partial charge in [-0.15, -0.1) is 0 Å². The minimum Gasteiger partial charge on any atom is -0.356 e. The van der Waals surface area contributed by atoms with Crippen molar-refractivity contribution < 1.29 is 4.79 Å². The quantitative estimate of drug-likeness (QED) is 0.615. The van der Waals surface area contributed by atoms with E-state index in [2.05, 4.69) is 33.0 Å². The summed E-state index contributed by atoms with van der Waals surface area (Å²) in [4.78, 5) is 11.9. The van der Waals surface area contributed by atoms with Gasteiger partial charge in [0, 0.05) is 12.5 Å². The van der Waals surface area contributed by atoms with Gasteiger partial charge in [0.05, 0.1) is 0 Å². The molecule has 15 heavy (non-hydrogen) atoms. The molecule has 90 valence electrons. The molecule has 1 amide bonds.